The van der Waals surface area contributed by atoms with Crippen LogP contribution in [0.2, 0.25) is 5.02 Å². The van der Waals surface area contributed by atoms with E-state index in [0.717, 1.165) is 50.6 Å². The monoisotopic (exact) mass is 449 g/mol. The quantitative estimate of drug-likeness (QED) is 0.679. The number of likely N-dealkylation sites (tertiary alicyclic amines) is 1. The number of carbonyl (C=O) groups is 1. The maximum absolute atomic E-state index is 12.4. The topological polar surface area (TPSA) is 44.4 Å². The minimum absolute atomic E-state index is 0. The van der Waals surface area contributed by atoms with Gasteiger partial charge >= 0.3 is 0 Å². The Balaban J connectivity index is 0.00000196. The number of nitrogens with zero attached hydrogens (tertiary/aromatic N) is 1. The third kappa shape index (κ3) is 8.08. The third-order valence-electron chi connectivity index (χ3n) is 5.92. The highest BCUT2D eigenvalue weighted by Crippen LogP contribution is 2.23. The van der Waals surface area contributed by atoms with Crippen LogP contribution < -0.4 is 10.6 Å². The van der Waals surface area contributed by atoms with E-state index in [-0.39, 0.29) is 30.7 Å². The molecular weight excluding hydrogens is 417 g/mol. The lowest BCUT2D eigenvalue weighted by Gasteiger charge is -2.33. The Morgan fingerprint density at radius 2 is 1.89 bits per heavy atom. The second-order valence-corrected chi connectivity index (χ2v) is 8.47. The zero-order chi connectivity index (χ0) is 18.4. The summed E-state index contributed by atoms with van der Waals surface area (Å²) < 4.78 is 0. The molecule has 0 spiro atoms. The molecule has 2 atom stereocenters. The van der Waals surface area contributed by atoms with Crippen LogP contribution in [0.25, 0.3) is 0 Å². The number of hydrogen-bond donors (Lipinski definition) is 2. The van der Waals surface area contributed by atoms with Crippen molar-refractivity contribution in [3.05, 3.63) is 34.9 Å². The largest absolute Gasteiger partial charge is 0.353 e. The minimum atomic E-state index is 0. The third-order valence-corrected chi connectivity index (χ3v) is 6.17. The molecular formula is C21H34Cl3N3O. The first-order valence-corrected chi connectivity index (χ1v) is 10.4. The van der Waals surface area contributed by atoms with Gasteiger partial charge in [0, 0.05) is 37.1 Å². The fourth-order valence-electron chi connectivity index (χ4n) is 4.19. The van der Waals surface area contributed by atoms with Gasteiger partial charge in [-0.15, -0.1) is 24.8 Å². The van der Waals surface area contributed by atoms with Crippen LogP contribution in [0.1, 0.15) is 44.6 Å². The molecule has 2 N–H and O–H groups in total. The van der Waals surface area contributed by atoms with Gasteiger partial charge in [-0.3, -0.25) is 9.69 Å². The van der Waals surface area contributed by atoms with E-state index in [1.807, 2.05) is 12.1 Å². The molecule has 0 saturated carbocycles. The molecule has 0 radical (unpaired) electrons. The highest BCUT2D eigenvalue weighted by molar-refractivity contribution is 6.30. The van der Waals surface area contributed by atoms with Crippen molar-refractivity contribution in [1.29, 1.82) is 0 Å². The molecule has 1 amide bonds. The molecule has 2 unspecified atom stereocenters. The van der Waals surface area contributed by atoms with Gasteiger partial charge in [0.25, 0.3) is 0 Å². The Hall–Kier alpha value is -0.520. The maximum Gasteiger partial charge on any atom is 0.220 e. The van der Waals surface area contributed by atoms with Crippen molar-refractivity contribution in [2.45, 2.75) is 51.6 Å². The first-order valence-electron chi connectivity index (χ1n) is 10.1. The molecule has 7 heteroatoms. The first kappa shape index (κ1) is 25.5. The van der Waals surface area contributed by atoms with E-state index in [1.54, 1.807) is 0 Å². The number of carbonyl (C=O) groups excluding carboxylic acids is 1. The van der Waals surface area contributed by atoms with Crippen LogP contribution in [0.15, 0.2) is 24.3 Å². The van der Waals surface area contributed by atoms with Crippen molar-refractivity contribution in [1.82, 2.24) is 15.5 Å². The van der Waals surface area contributed by atoms with Crippen molar-refractivity contribution in [3.63, 3.8) is 0 Å². The molecule has 3 rings (SSSR count). The van der Waals surface area contributed by atoms with Gasteiger partial charge in [-0.05, 0) is 68.3 Å². The van der Waals surface area contributed by atoms with Crippen LogP contribution >= 0.6 is 36.4 Å². The van der Waals surface area contributed by atoms with Gasteiger partial charge in [-0.2, -0.15) is 0 Å². The lowest BCUT2D eigenvalue weighted by molar-refractivity contribution is -0.123. The Morgan fingerprint density at radius 3 is 2.50 bits per heavy atom. The van der Waals surface area contributed by atoms with E-state index in [9.17, 15) is 4.79 Å². The highest BCUT2D eigenvalue weighted by atomic mass is 35.5. The Kier molecular flexibility index (Phi) is 11.8. The predicted octanol–water partition coefficient (Wildman–Crippen LogP) is 4.29. The molecule has 0 bridgehead atoms. The Morgan fingerprint density at radius 1 is 1.21 bits per heavy atom. The van der Waals surface area contributed by atoms with Crippen LogP contribution in [0.4, 0.5) is 0 Å². The van der Waals surface area contributed by atoms with Crippen molar-refractivity contribution in [2.75, 3.05) is 26.2 Å². The number of benzene rings is 1. The standard InChI is InChI=1S/C21H32ClN3O.2ClH/c1-16(18-3-2-10-23-14-18)13-21(26)24-20-8-11-25(12-9-20)15-17-4-6-19(22)7-5-17;;/h4-7,16,18,20,23H,2-3,8-15H2,1H3,(H,24,26);2*1H. The van der Waals surface area contributed by atoms with E-state index in [4.69, 9.17) is 11.6 Å². The molecule has 1 aromatic rings. The summed E-state index contributed by atoms with van der Waals surface area (Å²) in [4.78, 5) is 14.9. The number of nitrogens with one attached hydrogen (secondary N) is 2. The number of amides is 1. The van der Waals surface area contributed by atoms with Crippen LogP contribution in [-0.2, 0) is 11.3 Å². The van der Waals surface area contributed by atoms with Gasteiger partial charge in [0.1, 0.15) is 0 Å². The van der Waals surface area contributed by atoms with E-state index < -0.39 is 0 Å². The number of halogens is 3. The summed E-state index contributed by atoms with van der Waals surface area (Å²) in [6.07, 6.45) is 5.24. The van der Waals surface area contributed by atoms with E-state index in [0.29, 0.717) is 24.3 Å². The summed E-state index contributed by atoms with van der Waals surface area (Å²) in [5.74, 6) is 1.35. The van der Waals surface area contributed by atoms with Crippen LogP contribution in [-0.4, -0.2) is 43.0 Å². The van der Waals surface area contributed by atoms with Gasteiger partial charge in [0.15, 0.2) is 0 Å². The zero-order valence-corrected chi connectivity index (χ0v) is 19.1. The molecule has 2 aliphatic heterocycles. The molecule has 2 aliphatic rings. The van der Waals surface area contributed by atoms with E-state index in [1.165, 1.54) is 18.4 Å². The first-order chi connectivity index (χ1) is 12.6. The van der Waals surface area contributed by atoms with Crippen LogP contribution in [0, 0.1) is 11.8 Å². The summed E-state index contributed by atoms with van der Waals surface area (Å²) >= 11 is 5.95. The molecule has 2 saturated heterocycles. The number of hydrogen-bond acceptors (Lipinski definition) is 3. The van der Waals surface area contributed by atoms with Gasteiger partial charge in [0.2, 0.25) is 5.91 Å². The molecule has 160 valence electrons. The molecule has 28 heavy (non-hydrogen) atoms. The lowest BCUT2D eigenvalue weighted by atomic mass is 9.85. The Labute approximate surface area is 187 Å². The van der Waals surface area contributed by atoms with E-state index >= 15 is 0 Å². The summed E-state index contributed by atoms with van der Waals surface area (Å²) in [7, 11) is 0. The van der Waals surface area contributed by atoms with E-state index in [2.05, 4.69) is 34.6 Å². The molecule has 0 aromatic heterocycles. The summed E-state index contributed by atoms with van der Waals surface area (Å²) in [6.45, 7) is 7.46. The zero-order valence-electron chi connectivity index (χ0n) is 16.7. The molecule has 1 aromatic carbocycles. The SMILES string of the molecule is CC(CC(=O)NC1CCN(Cc2ccc(Cl)cc2)CC1)C1CCCNC1.Cl.Cl. The maximum atomic E-state index is 12.4. The van der Waals surface area contributed by atoms with Gasteiger partial charge in [0.05, 0.1) is 0 Å². The second-order valence-electron chi connectivity index (χ2n) is 8.03. The molecule has 2 fully saturated rings. The van der Waals surface area contributed by atoms with Crippen molar-refractivity contribution in [3.8, 4) is 0 Å². The highest BCUT2D eigenvalue weighted by Gasteiger charge is 2.24. The van der Waals surface area contributed by atoms with Crippen LogP contribution in [0.5, 0.6) is 0 Å². The van der Waals surface area contributed by atoms with Gasteiger partial charge < -0.3 is 10.6 Å². The Bertz CT molecular complexity index is 571. The second kappa shape index (κ2) is 12.9. The molecule has 0 aliphatic carbocycles. The van der Waals surface area contributed by atoms with Gasteiger partial charge in [-0.1, -0.05) is 30.7 Å². The molecule has 2 heterocycles. The van der Waals surface area contributed by atoms with Crippen molar-refractivity contribution >= 4 is 42.3 Å². The lowest BCUT2D eigenvalue weighted by Crippen LogP contribution is -2.45. The van der Waals surface area contributed by atoms with Crippen molar-refractivity contribution < 1.29 is 4.79 Å². The minimum Gasteiger partial charge on any atom is -0.353 e. The average molecular weight is 451 g/mol. The fourth-order valence-corrected chi connectivity index (χ4v) is 4.32. The smallest absolute Gasteiger partial charge is 0.220 e. The average Bonchev–Trinajstić information content (AvgIpc) is 2.66. The van der Waals surface area contributed by atoms with Gasteiger partial charge in [-0.25, -0.2) is 0 Å². The fraction of sp³-hybridized carbons (Fsp3) is 0.667. The molecule has 4 nitrogen and oxygen atoms in total. The van der Waals surface area contributed by atoms with Crippen molar-refractivity contribution in [2.24, 2.45) is 11.8 Å². The number of piperidine rings is 2. The summed E-state index contributed by atoms with van der Waals surface area (Å²) in [5, 5.41) is 7.52. The normalized spacial score (nSPS) is 21.9. The number of rotatable bonds is 6. The van der Waals surface area contributed by atoms with Crippen LogP contribution in [0.3, 0.4) is 0 Å². The predicted molar refractivity (Wildman–Crippen MR) is 122 cm³/mol. The summed E-state index contributed by atoms with van der Waals surface area (Å²) in [5.41, 5.74) is 1.30. The summed E-state index contributed by atoms with van der Waals surface area (Å²) in [6, 6.07) is 8.43.